The van der Waals surface area contributed by atoms with Gasteiger partial charge >= 0.3 is 0 Å². The predicted molar refractivity (Wildman–Crippen MR) is 127 cm³/mol. The summed E-state index contributed by atoms with van der Waals surface area (Å²) in [5.41, 5.74) is 1.74. The Kier molecular flexibility index (Phi) is 5.80. The number of aromatic nitrogens is 3. The Morgan fingerprint density at radius 3 is 2.74 bits per heavy atom. The molecule has 1 atom stereocenters. The predicted octanol–water partition coefficient (Wildman–Crippen LogP) is 4.15. The first-order valence-corrected chi connectivity index (χ1v) is 13.1. The number of anilines is 1. The molecule has 3 aromatic heterocycles. The SMILES string of the molecule is Cc1nc(C)c(S(=O)(=O)NC(=O)c2cnn3ccc(N4CCCC4c4cc(F)ccc4F)cc23)s1. The molecule has 8 nitrogen and oxygen atoms in total. The van der Waals surface area contributed by atoms with Crippen molar-refractivity contribution >= 4 is 38.5 Å². The van der Waals surface area contributed by atoms with Crippen LogP contribution in [0.25, 0.3) is 5.52 Å². The van der Waals surface area contributed by atoms with Crippen molar-refractivity contribution in [2.75, 3.05) is 11.4 Å². The molecule has 1 aromatic carbocycles. The second-order valence-electron chi connectivity index (χ2n) is 8.33. The molecule has 1 aliphatic rings. The lowest BCUT2D eigenvalue weighted by Gasteiger charge is -2.27. The van der Waals surface area contributed by atoms with Crippen molar-refractivity contribution in [3.8, 4) is 0 Å². The highest BCUT2D eigenvalue weighted by Gasteiger charge is 2.30. The molecule has 182 valence electrons. The van der Waals surface area contributed by atoms with Gasteiger partial charge in [-0.1, -0.05) is 0 Å². The molecule has 1 aliphatic heterocycles. The molecule has 1 fully saturated rings. The van der Waals surface area contributed by atoms with Crippen LogP contribution in [0.2, 0.25) is 0 Å². The lowest BCUT2D eigenvalue weighted by Crippen LogP contribution is -2.30. The molecular weight excluding hydrogens is 496 g/mol. The van der Waals surface area contributed by atoms with Crippen molar-refractivity contribution in [1.82, 2.24) is 19.3 Å². The summed E-state index contributed by atoms with van der Waals surface area (Å²) < 4.78 is 57.4. The molecule has 0 spiro atoms. The molecule has 0 aliphatic carbocycles. The fourth-order valence-corrected chi connectivity index (χ4v) is 6.93. The van der Waals surface area contributed by atoms with Gasteiger partial charge in [-0.05, 0) is 57.0 Å². The summed E-state index contributed by atoms with van der Waals surface area (Å²) in [6.45, 7) is 3.87. The minimum atomic E-state index is -4.11. The summed E-state index contributed by atoms with van der Waals surface area (Å²) >= 11 is 0.985. The smallest absolute Gasteiger partial charge is 0.275 e. The zero-order chi connectivity index (χ0) is 24.9. The van der Waals surface area contributed by atoms with E-state index in [0.717, 1.165) is 29.9 Å². The van der Waals surface area contributed by atoms with E-state index in [1.165, 1.54) is 16.8 Å². The van der Waals surface area contributed by atoms with Crippen molar-refractivity contribution in [3.63, 3.8) is 0 Å². The highest BCUT2D eigenvalue weighted by molar-refractivity contribution is 7.92. The van der Waals surface area contributed by atoms with E-state index in [4.69, 9.17) is 0 Å². The van der Waals surface area contributed by atoms with E-state index in [0.29, 0.717) is 34.9 Å². The third-order valence-electron chi connectivity index (χ3n) is 5.98. The number of halogens is 2. The van der Waals surface area contributed by atoms with Gasteiger partial charge in [0.25, 0.3) is 15.9 Å². The van der Waals surface area contributed by atoms with Gasteiger partial charge < -0.3 is 4.90 Å². The van der Waals surface area contributed by atoms with Crippen LogP contribution in [0, 0.1) is 25.5 Å². The van der Waals surface area contributed by atoms with Gasteiger partial charge in [0, 0.05) is 24.0 Å². The number of pyridine rings is 1. The quantitative estimate of drug-likeness (QED) is 0.427. The molecule has 35 heavy (non-hydrogen) atoms. The Morgan fingerprint density at radius 2 is 2.00 bits per heavy atom. The van der Waals surface area contributed by atoms with Crippen molar-refractivity contribution < 1.29 is 22.0 Å². The van der Waals surface area contributed by atoms with E-state index in [9.17, 15) is 22.0 Å². The molecule has 4 aromatic rings. The Bertz CT molecular complexity index is 1560. The third-order valence-corrected chi connectivity index (χ3v) is 9.00. The van der Waals surface area contributed by atoms with Gasteiger partial charge in [0.15, 0.2) is 4.21 Å². The fraction of sp³-hybridized carbons (Fsp3) is 0.261. The van der Waals surface area contributed by atoms with Gasteiger partial charge in [-0.3, -0.25) is 4.79 Å². The number of hydrogen-bond acceptors (Lipinski definition) is 7. The topological polar surface area (TPSA) is 96.7 Å². The fourth-order valence-electron chi connectivity index (χ4n) is 4.48. The van der Waals surface area contributed by atoms with Crippen LogP contribution in [0.1, 0.15) is 45.5 Å². The molecule has 0 bridgehead atoms. The van der Waals surface area contributed by atoms with Crippen molar-refractivity contribution in [2.45, 2.75) is 36.9 Å². The van der Waals surface area contributed by atoms with Crippen LogP contribution in [-0.2, 0) is 10.0 Å². The second-order valence-corrected chi connectivity index (χ2v) is 11.4. The first-order valence-electron chi connectivity index (χ1n) is 10.8. The molecule has 0 radical (unpaired) electrons. The van der Waals surface area contributed by atoms with Crippen LogP contribution < -0.4 is 9.62 Å². The first-order chi connectivity index (χ1) is 16.6. The standard InChI is InChI=1S/C23H21F2N5O3S2/c1-13-23(34-14(2)27-13)35(32,33)28-22(31)18-12-26-30-9-7-16(11-21(18)30)29-8-3-4-20(29)17-10-15(24)5-6-19(17)25/h5-7,9-12,20H,3-4,8H2,1-2H3,(H,28,31). The summed E-state index contributed by atoms with van der Waals surface area (Å²) in [7, 11) is -4.11. The number of fused-ring (bicyclic) bond motifs is 1. The molecule has 0 saturated carbocycles. The minimum Gasteiger partial charge on any atom is -0.364 e. The Labute approximate surface area is 204 Å². The largest absolute Gasteiger partial charge is 0.364 e. The van der Waals surface area contributed by atoms with E-state index >= 15 is 0 Å². The van der Waals surface area contributed by atoms with Gasteiger partial charge in [0.05, 0.1) is 34.0 Å². The first kappa shape index (κ1) is 23.4. The van der Waals surface area contributed by atoms with Crippen molar-refractivity contribution in [3.05, 3.63) is 76.2 Å². The number of carbonyl (C=O) groups excluding carboxylic acids is 1. The third kappa shape index (κ3) is 4.27. The maximum absolute atomic E-state index is 14.5. The zero-order valence-electron chi connectivity index (χ0n) is 18.8. The molecule has 1 amide bonds. The average molecular weight is 518 g/mol. The summed E-state index contributed by atoms with van der Waals surface area (Å²) in [6, 6.07) is 6.53. The number of aryl methyl sites for hydroxylation is 2. The van der Waals surface area contributed by atoms with Crippen LogP contribution in [-0.4, -0.2) is 35.5 Å². The van der Waals surface area contributed by atoms with E-state index in [1.807, 2.05) is 4.90 Å². The summed E-state index contributed by atoms with van der Waals surface area (Å²) in [5, 5.41) is 4.73. The van der Waals surface area contributed by atoms with Crippen LogP contribution in [0.5, 0.6) is 0 Å². The van der Waals surface area contributed by atoms with Gasteiger partial charge in [0.1, 0.15) is 11.6 Å². The number of thiazole rings is 1. The van der Waals surface area contributed by atoms with Crippen molar-refractivity contribution in [2.24, 2.45) is 0 Å². The van der Waals surface area contributed by atoms with E-state index in [1.54, 1.807) is 32.2 Å². The molecule has 4 heterocycles. The number of nitrogens with one attached hydrogen (secondary N) is 1. The Hall–Kier alpha value is -3.38. The zero-order valence-corrected chi connectivity index (χ0v) is 20.5. The average Bonchev–Trinajstić information content (AvgIpc) is 3.52. The van der Waals surface area contributed by atoms with E-state index < -0.39 is 27.6 Å². The Morgan fingerprint density at radius 1 is 1.20 bits per heavy atom. The number of sulfonamides is 1. The molecular formula is C23H21F2N5O3S2. The molecule has 1 unspecified atom stereocenters. The highest BCUT2D eigenvalue weighted by atomic mass is 32.2. The van der Waals surface area contributed by atoms with Gasteiger partial charge in [0.2, 0.25) is 0 Å². The molecule has 12 heteroatoms. The number of carbonyl (C=O) groups is 1. The van der Waals surface area contributed by atoms with E-state index in [-0.39, 0.29) is 21.4 Å². The normalized spacial score (nSPS) is 16.2. The lowest BCUT2D eigenvalue weighted by atomic mass is 10.0. The number of hydrogen-bond donors (Lipinski definition) is 1. The molecule has 5 rings (SSSR count). The number of amides is 1. The molecule has 1 saturated heterocycles. The maximum Gasteiger partial charge on any atom is 0.275 e. The van der Waals surface area contributed by atoms with Crippen molar-refractivity contribution in [1.29, 1.82) is 0 Å². The van der Waals surface area contributed by atoms with Crippen LogP contribution in [0.15, 0.2) is 46.9 Å². The molecule has 1 N–H and O–H groups in total. The van der Waals surface area contributed by atoms with Gasteiger partial charge in [-0.25, -0.2) is 31.4 Å². The monoisotopic (exact) mass is 517 g/mol. The summed E-state index contributed by atoms with van der Waals surface area (Å²) in [6.07, 6.45) is 4.36. The van der Waals surface area contributed by atoms with Gasteiger partial charge in [-0.15, -0.1) is 11.3 Å². The van der Waals surface area contributed by atoms with Crippen LogP contribution >= 0.6 is 11.3 Å². The number of rotatable bonds is 5. The van der Waals surface area contributed by atoms with E-state index in [2.05, 4.69) is 14.8 Å². The lowest BCUT2D eigenvalue weighted by molar-refractivity contribution is 0.0983. The second kappa shape index (κ2) is 8.68. The Balaban J connectivity index is 1.47. The van der Waals surface area contributed by atoms with Crippen LogP contribution in [0.4, 0.5) is 14.5 Å². The number of benzene rings is 1. The summed E-state index contributed by atoms with van der Waals surface area (Å²) in [5.74, 6) is -1.81. The van der Waals surface area contributed by atoms with Crippen LogP contribution in [0.3, 0.4) is 0 Å². The summed E-state index contributed by atoms with van der Waals surface area (Å²) in [4.78, 5) is 19.0. The maximum atomic E-state index is 14.5. The van der Waals surface area contributed by atoms with Gasteiger partial charge in [-0.2, -0.15) is 5.10 Å². The number of nitrogens with zero attached hydrogens (tertiary/aromatic N) is 4. The minimum absolute atomic E-state index is 0.0162. The highest BCUT2D eigenvalue weighted by Crippen LogP contribution is 2.38.